The van der Waals surface area contributed by atoms with E-state index in [9.17, 15) is 20.0 Å². The molecule has 0 aromatic carbocycles. The molecule has 0 radical (unpaired) electrons. The first kappa shape index (κ1) is 15.1. The van der Waals surface area contributed by atoms with E-state index in [1.54, 1.807) is 0 Å². The molecule has 6 nitrogen and oxygen atoms in total. The summed E-state index contributed by atoms with van der Waals surface area (Å²) in [6, 6.07) is -2.01. The monoisotopic (exact) mass is 258 g/mol. The van der Waals surface area contributed by atoms with Gasteiger partial charge in [-0.05, 0) is 18.3 Å². The predicted molar refractivity (Wildman–Crippen MR) is 64.5 cm³/mol. The SMILES string of the molecule is CC(C)CC1C(=O)N(O)[C@H](CC(C)C)C(=O)[NH+]1[O-]. The van der Waals surface area contributed by atoms with Crippen molar-refractivity contribution in [1.29, 1.82) is 0 Å². The maximum atomic E-state index is 11.9. The van der Waals surface area contributed by atoms with Crippen molar-refractivity contribution in [3.63, 3.8) is 0 Å². The zero-order valence-electron chi connectivity index (χ0n) is 11.3. The number of hydrogen-bond donors (Lipinski definition) is 2. The van der Waals surface area contributed by atoms with Crippen molar-refractivity contribution in [3.05, 3.63) is 5.21 Å². The van der Waals surface area contributed by atoms with Crippen molar-refractivity contribution in [3.8, 4) is 0 Å². The van der Waals surface area contributed by atoms with Crippen LogP contribution in [-0.2, 0) is 9.59 Å². The number of rotatable bonds is 4. The maximum absolute atomic E-state index is 11.9. The molecule has 2 N–H and O–H groups in total. The second-order valence-corrected chi connectivity index (χ2v) is 5.74. The smallest absolute Gasteiger partial charge is 0.337 e. The van der Waals surface area contributed by atoms with Gasteiger partial charge in [0.05, 0.1) is 0 Å². The number of nitrogens with one attached hydrogen (secondary N) is 1. The van der Waals surface area contributed by atoms with E-state index < -0.39 is 29.0 Å². The molecular formula is C12H22N2O4. The fraction of sp³-hybridized carbons (Fsp3) is 0.833. The average Bonchev–Trinajstić information content (AvgIpc) is 2.27. The molecule has 2 amide bonds. The third-order valence-electron chi connectivity index (χ3n) is 3.08. The molecule has 1 heterocycles. The zero-order chi connectivity index (χ0) is 14.0. The van der Waals surface area contributed by atoms with Crippen LogP contribution < -0.4 is 5.06 Å². The van der Waals surface area contributed by atoms with Gasteiger partial charge in [-0.15, -0.1) is 0 Å². The van der Waals surface area contributed by atoms with Crippen LogP contribution in [0.2, 0.25) is 0 Å². The molecule has 0 bridgehead atoms. The summed E-state index contributed by atoms with van der Waals surface area (Å²) < 4.78 is 0. The summed E-state index contributed by atoms with van der Waals surface area (Å²) in [6.45, 7) is 7.48. The van der Waals surface area contributed by atoms with Gasteiger partial charge in [0.25, 0.3) is 0 Å². The molecule has 18 heavy (non-hydrogen) atoms. The highest BCUT2D eigenvalue weighted by molar-refractivity contribution is 5.89. The molecule has 0 aromatic heterocycles. The summed E-state index contributed by atoms with van der Waals surface area (Å²) in [7, 11) is 0. The molecule has 1 fully saturated rings. The summed E-state index contributed by atoms with van der Waals surface area (Å²) in [6.07, 6.45) is 0.607. The Labute approximate surface area is 107 Å². The van der Waals surface area contributed by atoms with Gasteiger partial charge in [0.1, 0.15) is 0 Å². The molecule has 1 saturated heterocycles. The lowest BCUT2D eigenvalue weighted by Gasteiger charge is -2.40. The zero-order valence-corrected chi connectivity index (χ0v) is 11.3. The van der Waals surface area contributed by atoms with E-state index in [-0.39, 0.29) is 11.8 Å². The Hall–Kier alpha value is -0.980. The summed E-state index contributed by atoms with van der Waals surface area (Å²) in [5, 5.41) is 21.5. The molecule has 0 aliphatic carbocycles. The van der Waals surface area contributed by atoms with Gasteiger partial charge in [0.2, 0.25) is 0 Å². The fourth-order valence-corrected chi connectivity index (χ4v) is 2.21. The normalized spacial score (nSPS) is 29.6. The highest BCUT2D eigenvalue weighted by atomic mass is 16.5. The average molecular weight is 258 g/mol. The van der Waals surface area contributed by atoms with Gasteiger partial charge < -0.3 is 5.21 Å². The van der Waals surface area contributed by atoms with Crippen LogP contribution in [0.5, 0.6) is 0 Å². The lowest BCUT2D eigenvalue weighted by Crippen LogP contribution is -3.18. The van der Waals surface area contributed by atoms with Crippen molar-refractivity contribution in [2.45, 2.75) is 52.6 Å². The highest BCUT2D eigenvalue weighted by Gasteiger charge is 2.47. The number of quaternary nitrogens is 1. The minimum atomic E-state index is -1.01. The lowest BCUT2D eigenvalue weighted by molar-refractivity contribution is -0.792. The number of piperazine rings is 1. The molecule has 1 aliphatic rings. The molecule has 0 spiro atoms. The third kappa shape index (κ3) is 3.07. The molecular weight excluding hydrogens is 236 g/mol. The third-order valence-corrected chi connectivity index (χ3v) is 3.08. The fourth-order valence-electron chi connectivity index (χ4n) is 2.21. The molecule has 1 aliphatic heterocycles. The minimum absolute atomic E-state index is 0.116. The van der Waals surface area contributed by atoms with Crippen molar-refractivity contribution >= 4 is 11.8 Å². The van der Waals surface area contributed by atoms with Gasteiger partial charge in [-0.3, -0.25) is 15.1 Å². The van der Waals surface area contributed by atoms with E-state index >= 15 is 0 Å². The second-order valence-electron chi connectivity index (χ2n) is 5.74. The summed E-state index contributed by atoms with van der Waals surface area (Å²) in [4.78, 5) is 23.8. The van der Waals surface area contributed by atoms with Crippen molar-refractivity contribution < 1.29 is 19.9 Å². The van der Waals surface area contributed by atoms with E-state index in [1.165, 1.54) is 0 Å². The van der Waals surface area contributed by atoms with Gasteiger partial charge in [-0.1, -0.05) is 27.7 Å². The van der Waals surface area contributed by atoms with Gasteiger partial charge in [-0.25, -0.2) is 9.86 Å². The number of carbonyl (C=O) groups is 2. The lowest BCUT2D eigenvalue weighted by atomic mass is 9.95. The molecule has 2 unspecified atom stereocenters. The Kier molecular flexibility index (Phi) is 4.84. The molecule has 3 atom stereocenters. The van der Waals surface area contributed by atoms with E-state index in [4.69, 9.17) is 0 Å². The Balaban J connectivity index is 2.88. The maximum Gasteiger partial charge on any atom is 0.337 e. The van der Waals surface area contributed by atoms with Crippen molar-refractivity contribution in [2.24, 2.45) is 11.8 Å². The van der Waals surface area contributed by atoms with Crippen LogP contribution in [0.3, 0.4) is 0 Å². The Morgan fingerprint density at radius 2 is 1.72 bits per heavy atom. The number of hydrogen-bond acceptors (Lipinski definition) is 4. The molecule has 0 aromatic rings. The van der Waals surface area contributed by atoms with Crippen LogP contribution in [0, 0.1) is 17.0 Å². The Bertz CT molecular complexity index is 298. The summed E-state index contributed by atoms with van der Waals surface area (Å²) >= 11 is 0. The van der Waals surface area contributed by atoms with Gasteiger partial charge in [0.15, 0.2) is 12.1 Å². The quantitative estimate of drug-likeness (QED) is 0.547. The summed E-state index contributed by atoms with van der Waals surface area (Å²) in [5.41, 5.74) is 0. The summed E-state index contributed by atoms with van der Waals surface area (Å²) in [5.74, 6) is -1.04. The largest absolute Gasteiger partial charge is 0.626 e. The van der Waals surface area contributed by atoms with E-state index in [2.05, 4.69) is 0 Å². The second kappa shape index (κ2) is 5.77. The van der Waals surface area contributed by atoms with Gasteiger partial charge in [-0.2, -0.15) is 0 Å². The molecule has 1 rings (SSSR count). The Morgan fingerprint density at radius 3 is 2.17 bits per heavy atom. The molecule has 6 heteroatoms. The van der Waals surface area contributed by atoms with Gasteiger partial charge in [0, 0.05) is 6.42 Å². The molecule has 0 saturated carbocycles. The number of hydroxylamine groups is 4. The minimum Gasteiger partial charge on any atom is -0.626 e. The van der Waals surface area contributed by atoms with Crippen LogP contribution in [0.25, 0.3) is 0 Å². The van der Waals surface area contributed by atoms with E-state index in [0.29, 0.717) is 17.9 Å². The molecule has 104 valence electrons. The predicted octanol–water partition coefficient (Wildman–Crippen LogP) is -0.0435. The van der Waals surface area contributed by atoms with Crippen molar-refractivity contribution in [2.75, 3.05) is 0 Å². The first-order valence-electron chi connectivity index (χ1n) is 6.35. The Morgan fingerprint density at radius 1 is 1.22 bits per heavy atom. The number of carbonyl (C=O) groups excluding carboxylic acids is 2. The van der Waals surface area contributed by atoms with Crippen LogP contribution in [0.4, 0.5) is 0 Å². The standard InChI is InChI=1S/C12H22N2O4/c1-7(2)5-9-11(15)14(18)10(6-8(3)4)12(16)13(9)17/h7-10,13,18H,5-6H2,1-4H3/t9?,10-/m1/s1. The van der Waals surface area contributed by atoms with Crippen LogP contribution in [-0.4, -0.2) is 34.2 Å². The van der Waals surface area contributed by atoms with Crippen LogP contribution in [0.1, 0.15) is 40.5 Å². The van der Waals surface area contributed by atoms with Gasteiger partial charge >= 0.3 is 11.8 Å². The van der Waals surface area contributed by atoms with Crippen LogP contribution in [0.15, 0.2) is 0 Å². The van der Waals surface area contributed by atoms with E-state index in [1.807, 2.05) is 27.7 Å². The number of nitrogens with zero attached hydrogens (tertiary/aromatic N) is 1. The highest BCUT2D eigenvalue weighted by Crippen LogP contribution is 2.16. The topological polar surface area (TPSA) is 85.1 Å². The van der Waals surface area contributed by atoms with Crippen LogP contribution >= 0.6 is 0 Å². The van der Waals surface area contributed by atoms with E-state index in [0.717, 1.165) is 0 Å². The first-order valence-corrected chi connectivity index (χ1v) is 6.35. The first-order chi connectivity index (χ1) is 8.25. The number of amides is 2. The van der Waals surface area contributed by atoms with Crippen molar-refractivity contribution in [1.82, 2.24) is 5.06 Å².